The zero-order chi connectivity index (χ0) is 20.4. The molecule has 0 aliphatic heterocycles. The van der Waals surface area contributed by atoms with Crippen molar-refractivity contribution in [2.45, 2.75) is 13.3 Å². The molecule has 0 unspecified atom stereocenters. The predicted octanol–water partition coefficient (Wildman–Crippen LogP) is 3.06. The number of carbonyl (C=O) groups is 1. The minimum Gasteiger partial charge on any atom is -0.504 e. The smallest absolute Gasteiger partial charge is 0.277 e. The van der Waals surface area contributed by atoms with Gasteiger partial charge in [-0.25, -0.2) is 5.43 Å². The van der Waals surface area contributed by atoms with E-state index in [1.807, 2.05) is 13.0 Å². The van der Waals surface area contributed by atoms with Crippen LogP contribution in [0.5, 0.6) is 23.0 Å². The number of hydrogen-bond acceptors (Lipinski definition) is 6. The van der Waals surface area contributed by atoms with Crippen molar-refractivity contribution in [1.82, 2.24) is 5.43 Å². The number of hydrogen-bond donors (Lipinski definition) is 2. The fourth-order valence-corrected chi connectivity index (χ4v) is 2.43. The average Bonchev–Trinajstić information content (AvgIpc) is 2.70. The minimum atomic E-state index is -0.419. The Balaban J connectivity index is 1.99. The van der Waals surface area contributed by atoms with E-state index in [0.29, 0.717) is 41.4 Å². The van der Waals surface area contributed by atoms with E-state index in [-0.39, 0.29) is 12.4 Å². The van der Waals surface area contributed by atoms with Crippen molar-refractivity contribution in [3.8, 4) is 23.0 Å². The highest BCUT2D eigenvalue weighted by atomic mass is 16.5. The maximum Gasteiger partial charge on any atom is 0.277 e. The van der Waals surface area contributed by atoms with E-state index < -0.39 is 5.91 Å². The lowest BCUT2D eigenvalue weighted by molar-refractivity contribution is -0.123. The molecule has 0 saturated heterocycles. The van der Waals surface area contributed by atoms with Crippen LogP contribution in [0.25, 0.3) is 0 Å². The zero-order valence-corrected chi connectivity index (χ0v) is 16.0. The number of nitrogens with one attached hydrogen (secondary N) is 1. The Bertz CT molecular complexity index is 849. The molecule has 148 valence electrons. The second-order valence-corrected chi connectivity index (χ2v) is 5.69. The fourth-order valence-electron chi connectivity index (χ4n) is 2.43. The van der Waals surface area contributed by atoms with Crippen molar-refractivity contribution in [2.24, 2.45) is 5.10 Å². The number of ether oxygens (including phenoxy) is 3. The average molecular weight is 384 g/mol. The van der Waals surface area contributed by atoms with Crippen LogP contribution in [0, 0.1) is 0 Å². The number of nitrogens with zero attached hydrogens (tertiary/aromatic N) is 1. The number of phenols is 1. The van der Waals surface area contributed by atoms with Gasteiger partial charge in [0.25, 0.3) is 5.91 Å². The molecule has 2 rings (SSSR count). The number of carbonyl (C=O) groups excluding carboxylic acids is 1. The summed E-state index contributed by atoms with van der Waals surface area (Å²) in [5, 5.41) is 14.1. The van der Waals surface area contributed by atoms with E-state index in [2.05, 4.69) is 17.1 Å². The topological polar surface area (TPSA) is 89.4 Å². The van der Waals surface area contributed by atoms with E-state index >= 15 is 0 Å². The summed E-state index contributed by atoms with van der Waals surface area (Å²) in [4.78, 5) is 11.9. The van der Waals surface area contributed by atoms with Gasteiger partial charge < -0.3 is 19.3 Å². The summed E-state index contributed by atoms with van der Waals surface area (Å²) in [7, 11) is 1.53. The van der Waals surface area contributed by atoms with Crippen LogP contribution < -0.4 is 19.6 Å². The summed E-state index contributed by atoms with van der Waals surface area (Å²) >= 11 is 0. The van der Waals surface area contributed by atoms with Gasteiger partial charge >= 0.3 is 0 Å². The van der Waals surface area contributed by atoms with E-state index in [1.54, 1.807) is 36.4 Å². The van der Waals surface area contributed by atoms with Gasteiger partial charge in [0.15, 0.2) is 29.6 Å². The molecule has 7 nitrogen and oxygen atoms in total. The van der Waals surface area contributed by atoms with Crippen molar-refractivity contribution in [2.75, 3.05) is 20.3 Å². The molecule has 0 saturated carbocycles. The van der Waals surface area contributed by atoms with Gasteiger partial charge in [-0.2, -0.15) is 5.10 Å². The third-order valence-electron chi connectivity index (χ3n) is 3.67. The Morgan fingerprint density at radius 1 is 1.21 bits per heavy atom. The van der Waals surface area contributed by atoms with Crippen LogP contribution >= 0.6 is 0 Å². The number of para-hydroxylation sites is 2. The number of methoxy groups -OCH3 is 1. The third kappa shape index (κ3) is 5.77. The lowest BCUT2D eigenvalue weighted by atomic mass is 10.1. The molecule has 0 spiro atoms. The van der Waals surface area contributed by atoms with Gasteiger partial charge in [-0.05, 0) is 43.2 Å². The molecular formula is C21H24N2O5. The molecule has 2 aromatic carbocycles. The molecule has 0 aliphatic rings. The summed E-state index contributed by atoms with van der Waals surface area (Å²) in [5.41, 5.74) is 3.73. The SMILES string of the molecule is C=CCc1cc(/C=N/NC(=O)COc2ccccc2OC)cc(OCC)c1O. The Hall–Kier alpha value is -3.48. The normalized spacial score (nSPS) is 10.5. The van der Waals surface area contributed by atoms with Crippen LogP contribution in [0.1, 0.15) is 18.1 Å². The maximum atomic E-state index is 11.9. The number of allylic oxidation sites excluding steroid dienone is 1. The number of phenolic OH excluding ortho intramolecular Hbond substituents is 1. The minimum absolute atomic E-state index is 0.0770. The molecule has 28 heavy (non-hydrogen) atoms. The second-order valence-electron chi connectivity index (χ2n) is 5.69. The molecule has 1 amide bonds. The number of amides is 1. The molecule has 0 aromatic heterocycles. The van der Waals surface area contributed by atoms with Crippen LogP contribution in [0.3, 0.4) is 0 Å². The summed E-state index contributed by atoms with van der Waals surface area (Å²) < 4.78 is 16.0. The van der Waals surface area contributed by atoms with Crippen LogP contribution in [-0.2, 0) is 11.2 Å². The molecule has 7 heteroatoms. The monoisotopic (exact) mass is 384 g/mol. The van der Waals surface area contributed by atoms with Crippen molar-refractivity contribution in [3.63, 3.8) is 0 Å². The van der Waals surface area contributed by atoms with E-state index in [0.717, 1.165) is 0 Å². The number of benzene rings is 2. The summed E-state index contributed by atoms with van der Waals surface area (Å²) in [6.07, 6.45) is 3.63. The van der Waals surface area contributed by atoms with Gasteiger partial charge in [-0.15, -0.1) is 6.58 Å². The van der Waals surface area contributed by atoms with E-state index in [4.69, 9.17) is 14.2 Å². The Labute approximate surface area is 164 Å². The van der Waals surface area contributed by atoms with Crippen molar-refractivity contribution >= 4 is 12.1 Å². The van der Waals surface area contributed by atoms with Gasteiger partial charge in [-0.1, -0.05) is 18.2 Å². The van der Waals surface area contributed by atoms with Gasteiger partial charge in [0.1, 0.15) is 0 Å². The largest absolute Gasteiger partial charge is 0.504 e. The van der Waals surface area contributed by atoms with Gasteiger partial charge in [0.2, 0.25) is 0 Å². The fraction of sp³-hybridized carbons (Fsp3) is 0.238. The first-order valence-corrected chi connectivity index (χ1v) is 8.76. The van der Waals surface area contributed by atoms with Crippen molar-refractivity contribution in [1.29, 1.82) is 0 Å². The van der Waals surface area contributed by atoms with Gasteiger partial charge in [-0.3, -0.25) is 4.79 Å². The Morgan fingerprint density at radius 3 is 2.64 bits per heavy atom. The molecule has 0 atom stereocenters. The molecule has 0 radical (unpaired) electrons. The Morgan fingerprint density at radius 2 is 1.96 bits per heavy atom. The van der Waals surface area contributed by atoms with E-state index in [1.165, 1.54) is 13.3 Å². The first kappa shape index (κ1) is 20.8. The predicted molar refractivity (Wildman–Crippen MR) is 107 cm³/mol. The van der Waals surface area contributed by atoms with Gasteiger partial charge in [0.05, 0.1) is 19.9 Å². The van der Waals surface area contributed by atoms with Crippen LogP contribution in [0.4, 0.5) is 0 Å². The van der Waals surface area contributed by atoms with Crippen LogP contribution in [-0.4, -0.2) is 37.6 Å². The first-order chi connectivity index (χ1) is 13.6. The molecular weight excluding hydrogens is 360 g/mol. The third-order valence-corrected chi connectivity index (χ3v) is 3.67. The van der Waals surface area contributed by atoms with Crippen LogP contribution in [0.2, 0.25) is 0 Å². The highest BCUT2D eigenvalue weighted by Gasteiger charge is 2.10. The second kappa shape index (κ2) is 10.6. The lowest BCUT2D eigenvalue weighted by Crippen LogP contribution is -2.24. The molecule has 0 aliphatic carbocycles. The molecule has 0 bridgehead atoms. The molecule has 2 N–H and O–H groups in total. The number of hydrazone groups is 1. The molecule has 0 heterocycles. The first-order valence-electron chi connectivity index (χ1n) is 8.76. The van der Waals surface area contributed by atoms with Crippen LogP contribution in [0.15, 0.2) is 54.2 Å². The highest BCUT2D eigenvalue weighted by molar-refractivity contribution is 5.84. The summed E-state index contributed by atoms with van der Waals surface area (Å²) in [5.74, 6) is 1.03. The highest BCUT2D eigenvalue weighted by Crippen LogP contribution is 2.32. The Kier molecular flexibility index (Phi) is 7.90. The number of rotatable bonds is 10. The summed E-state index contributed by atoms with van der Waals surface area (Å²) in [6, 6.07) is 10.4. The van der Waals surface area contributed by atoms with Gasteiger partial charge in [0, 0.05) is 5.56 Å². The maximum absolute atomic E-state index is 11.9. The standard InChI is InChI=1S/C21H24N2O5/c1-4-8-16-11-15(12-19(21(16)25)27-5-2)13-22-23-20(24)14-28-18-10-7-6-9-17(18)26-3/h4,6-7,9-13,25H,1,5,8,14H2,2-3H3,(H,23,24)/b22-13+. The van der Waals surface area contributed by atoms with E-state index in [9.17, 15) is 9.90 Å². The lowest BCUT2D eigenvalue weighted by Gasteiger charge is -2.11. The summed E-state index contributed by atoms with van der Waals surface area (Å²) in [6.45, 7) is 5.72. The zero-order valence-electron chi connectivity index (χ0n) is 16.0. The van der Waals surface area contributed by atoms with Crippen molar-refractivity contribution in [3.05, 3.63) is 60.2 Å². The quantitative estimate of drug-likeness (QED) is 0.373. The molecule has 0 fully saturated rings. The van der Waals surface area contributed by atoms with Crippen molar-refractivity contribution < 1.29 is 24.1 Å². The molecule has 2 aromatic rings. The number of aromatic hydroxyl groups is 1.